The molecule has 2 N–H and O–H groups in total. The maximum absolute atomic E-state index is 13.0. The van der Waals surface area contributed by atoms with Gasteiger partial charge in [0.15, 0.2) is 0 Å². The van der Waals surface area contributed by atoms with Crippen LogP contribution in [0.15, 0.2) is 79.1 Å². The van der Waals surface area contributed by atoms with Gasteiger partial charge in [-0.3, -0.25) is 14.6 Å². The number of nitrogens with zero attached hydrogens (tertiary/aromatic N) is 3. The van der Waals surface area contributed by atoms with Gasteiger partial charge in [-0.15, -0.1) is 10.2 Å². The fourth-order valence-electron chi connectivity index (χ4n) is 3.66. The Balaban J connectivity index is 0.00000216. The van der Waals surface area contributed by atoms with Crippen LogP contribution in [0.2, 0.25) is 0 Å². The van der Waals surface area contributed by atoms with Gasteiger partial charge in [0, 0.05) is 24.5 Å². The number of unbranched alkanes of at least 4 members (excludes halogenated alkanes) is 1. The van der Waals surface area contributed by atoms with E-state index in [9.17, 15) is 14.0 Å². The molecule has 4 rings (SSSR count). The van der Waals surface area contributed by atoms with Crippen LogP contribution in [0.1, 0.15) is 60.1 Å². The van der Waals surface area contributed by atoms with Crippen molar-refractivity contribution >= 4 is 23.2 Å². The number of rotatable bonds is 13. The number of halogens is 1. The molecule has 0 bridgehead atoms. The zero-order valence-electron chi connectivity index (χ0n) is 22.7. The number of carbonyl (C=O) groups excluding carboxylic acids is 2. The summed E-state index contributed by atoms with van der Waals surface area (Å²) in [6.07, 6.45) is 5.23. The molecule has 2 amide bonds. The topological polar surface area (TPSA) is 106 Å². The standard InChI is InChI=1S/C28H28FN5O3S.C2H6/c29-23-13-11-20(12-14-23)18-37-19-25(35)31-16-5-4-10-24(32-26(36)22-9-6-15-30-17-22)28-34-33-27(38-28)21-7-2-1-3-8-21;1-2/h1-3,6-9,11-15,17,24H,4-5,10,16,18-19H2,(H,31,35)(H,32,36);1-2H3. The molecule has 1 atom stereocenters. The Labute approximate surface area is 238 Å². The second-order valence-corrected chi connectivity index (χ2v) is 9.55. The highest BCUT2D eigenvalue weighted by atomic mass is 32.1. The Morgan fingerprint density at radius 1 is 0.975 bits per heavy atom. The van der Waals surface area contributed by atoms with Gasteiger partial charge < -0.3 is 15.4 Å². The first-order valence-electron chi connectivity index (χ1n) is 13.3. The second-order valence-electron chi connectivity index (χ2n) is 8.54. The lowest BCUT2D eigenvalue weighted by atomic mass is 10.1. The molecule has 0 aliphatic carbocycles. The predicted molar refractivity (Wildman–Crippen MR) is 154 cm³/mol. The van der Waals surface area contributed by atoms with E-state index in [0.29, 0.717) is 24.9 Å². The number of amides is 2. The number of pyridine rings is 1. The molecular formula is C30H34FN5O3S. The Hall–Kier alpha value is -4.02. The highest BCUT2D eigenvalue weighted by molar-refractivity contribution is 7.14. The van der Waals surface area contributed by atoms with Gasteiger partial charge in [-0.1, -0.05) is 67.6 Å². The van der Waals surface area contributed by atoms with Crippen LogP contribution in [-0.2, 0) is 16.1 Å². The van der Waals surface area contributed by atoms with Gasteiger partial charge in [0.2, 0.25) is 5.91 Å². The van der Waals surface area contributed by atoms with Gasteiger partial charge in [0.05, 0.1) is 18.2 Å². The fourth-order valence-corrected chi connectivity index (χ4v) is 4.60. The minimum absolute atomic E-state index is 0.0752. The molecular weight excluding hydrogens is 529 g/mol. The van der Waals surface area contributed by atoms with Gasteiger partial charge in [-0.2, -0.15) is 0 Å². The van der Waals surface area contributed by atoms with Crippen LogP contribution in [-0.4, -0.2) is 40.1 Å². The van der Waals surface area contributed by atoms with E-state index in [1.807, 2.05) is 44.2 Å². The van der Waals surface area contributed by atoms with Crippen LogP contribution in [0.5, 0.6) is 0 Å². The second kappa shape index (κ2) is 16.8. The summed E-state index contributed by atoms with van der Waals surface area (Å²) in [5.41, 5.74) is 2.24. The fraction of sp³-hybridized carbons (Fsp3) is 0.300. The summed E-state index contributed by atoms with van der Waals surface area (Å²) in [6, 6.07) is 18.8. The van der Waals surface area contributed by atoms with E-state index in [1.165, 1.54) is 29.7 Å². The minimum Gasteiger partial charge on any atom is -0.367 e. The van der Waals surface area contributed by atoms with Crippen molar-refractivity contribution < 1.29 is 18.7 Å². The largest absolute Gasteiger partial charge is 0.367 e. The molecule has 0 saturated carbocycles. The first-order valence-corrected chi connectivity index (χ1v) is 14.1. The molecule has 210 valence electrons. The first-order chi connectivity index (χ1) is 19.6. The lowest BCUT2D eigenvalue weighted by Crippen LogP contribution is -2.30. The van der Waals surface area contributed by atoms with Crippen molar-refractivity contribution in [3.8, 4) is 10.6 Å². The van der Waals surface area contributed by atoms with Gasteiger partial charge in [-0.25, -0.2) is 4.39 Å². The van der Waals surface area contributed by atoms with Crippen molar-refractivity contribution in [3.63, 3.8) is 0 Å². The molecule has 8 nitrogen and oxygen atoms in total. The van der Waals surface area contributed by atoms with E-state index in [0.717, 1.165) is 27.6 Å². The number of nitrogens with one attached hydrogen (secondary N) is 2. The van der Waals surface area contributed by atoms with E-state index in [-0.39, 0.29) is 36.9 Å². The average Bonchev–Trinajstić information content (AvgIpc) is 3.50. The van der Waals surface area contributed by atoms with Crippen molar-refractivity contribution in [3.05, 3.63) is 101 Å². The maximum Gasteiger partial charge on any atom is 0.253 e. The van der Waals surface area contributed by atoms with Crippen molar-refractivity contribution in [2.45, 2.75) is 45.8 Å². The number of carbonyl (C=O) groups is 2. The molecule has 4 aromatic rings. The molecule has 0 spiro atoms. The third-order valence-electron chi connectivity index (χ3n) is 5.65. The third-order valence-corrected chi connectivity index (χ3v) is 6.73. The SMILES string of the molecule is CC.O=C(COCc1ccc(F)cc1)NCCCCC(NC(=O)c1cccnc1)c1nnc(-c2ccccc2)s1. The zero-order valence-corrected chi connectivity index (χ0v) is 23.5. The zero-order chi connectivity index (χ0) is 28.6. The predicted octanol–water partition coefficient (Wildman–Crippen LogP) is 5.74. The molecule has 0 fully saturated rings. The van der Waals surface area contributed by atoms with Crippen LogP contribution in [0.4, 0.5) is 4.39 Å². The summed E-state index contributed by atoms with van der Waals surface area (Å²) < 4.78 is 18.4. The van der Waals surface area contributed by atoms with Crippen LogP contribution >= 0.6 is 11.3 Å². The highest BCUT2D eigenvalue weighted by Crippen LogP contribution is 2.29. The van der Waals surface area contributed by atoms with Crippen molar-refractivity contribution in [1.82, 2.24) is 25.8 Å². The number of ether oxygens (including phenoxy) is 1. The van der Waals surface area contributed by atoms with Gasteiger partial charge in [0.25, 0.3) is 5.91 Å². The third kappa shape index (κ3) is 9.94. The van der Waals surface area contributed by atoms with Crippen molar-refractivity contribution in [1.29, 1.82) is 0 Å². The summed E-state index contributed by atoms with van der Waals surface area (Å²) >= 11 is 1.45. The number of hydrogen-bond acceptors (Lipinski definition) is 7. The molecule has 2 heterocycles. The Morgan fingerprint density at radius 3 is 2.48 bits per heavy atom. The molecule has 2 aromatic carbocycles. The molecule has 40 heavy (non-hydrogen) atoms. The minimum atomic E-state index is -0.326. The molecule has 1 unspecified atom stereocenters. The van der Waals surface area contributed by atoms with E-state index < -0.39 is 0 Å². The van der Waals surface area contributed by atoms with Crippen LogP contribution < -0.4 is 10.6 Å². The van der Waals surface area contributed by atoms with Gasteiger partial charge in [0.1, 0.15) is 22.4 Å². The van der Waals surface area contributed by atoms with Gasteiger partial charge >= 0.3 is 0 Å². The quantitative estimate of drug-likeness (QED) is 0.201. The number of hydrogen-bond donors (Lipinski definition) is 2. The molecule has 2 aromatic heterocycles. The summed E-state index contributed by atoms with van der Waals surface area (Å²) in [5.74, 6) is -0.760. The molecule has 0 saturated heterocycles. The normalized spacial score (nSPS) is 11.2. The van der Waals surface area contributed by atoms with Crippen LogP contribution in [0, 0.1) is 5.82 Å². The molecule has 0 aliphatic rings. The van der Waals surface area contributed by atoms with E-state index >= 15 is 0 Å². The Kier molecular flexibility index (Phi) is 12.8. The number of aromatic nitrogens is 3. The summed E-state index contributed by atoms with van der Waals surface area (Å²) in [7, 11) is 0. The lowest BCUT2D eigenvalue weighted by Gasteiger charge is -2.16. The summed E-state index contributed by atoms with van der Waals surface area (Å²) in [5, 5.41) is 16.1. The number of benzene rings is 2. The van der Waals surface area contributed by atoms with E-state index in [2.05, 4.69) is 25.8 Å². The van der Waals surface area contributed by atoms with Crippen LogP contribution in [0.3, 0.4) is 0 Å². The Morgan fingerprint density at radius 2 is 1.75 bits per heavy atom. The smallest absolute Gasteiger partial charge is 0.253 e. The monoisotopic (exact) mass is 563 g/mol. The van der Waals surface area contributed by atoms with Crippen LogP contribution in [0.25, 0.3) is 10.6 Å². The summed E-state index contributed by atoms with van der Waals surface area (Å²) in [6.45, 7) is 4.64. The highest BCUT2D eigenvalue weighted by Gasteiger charge is 2.20. The average molecular weight is 564 g/mol. The molecule has 0 aliphatic heterocycles. The first kappa shape index (κ1) is 30.5. The summed E-state index contributed by atoms with van der Waals surface area (Å²) in [4.78, 5) is 28.9. The maximum atomic E-state index is 13.0. The van der Waals surface area contributed by atoms with E-state index in [4.69, 9.17) is 4.74 Å². The van der Waals surface area contributed by atoms with Crippen molar-refractivity contribution in [2.24, 2.45) is 0 Å². The molecule has 10 heteroatoms. The van der Waals surface area contributed by atoms with Crippen molar-refractivity contribution in [2.75, 3.05) is 13.2 Å². The lowest BCUT2D eigenvalue weighted by molar-refractivity contribution is -0.126. The molecule has 0 radical (unpaired) electrons. The van der Waals surface area contributed by atoms with Gasteiger partial charge in [-0.05, 0) is 49.1 Å². The van der Waals surface area contributed by atoms with E-state index in [1.54, 1.807) is 30.5 Å². The Bertz CT molecular complexity index is 1300.